The Balaban J connectivity index is 2.03. The molecule has 0 radical (unpaired) electrons. The molecule has 1 unspecified atom stereocenters. The summed E-state index contributed by atoms with van der Waals surface area (Å²) in [6, 6.07) is 3.40. The summed E-state index contributed by atoms with van der Waals surface area (Å²) in [5, 5.41) is 11.6. The van der Waals surface area contributed by atoms with Gasteiger partial charge in [0.2, 0.25) is 5.78 Å². The predicted octanol–water partition coefficient (Wildman–Crippen LogP) is 2.65. The van der Waals surface area contributed by atoms with Crippen LogP contribution in [0.3, 0.4) is 0 Å². The lowest BCUT2D eigenvalue weighted by atomic mass is 9.98. The Bertz CT molecular complexity index is 938. The third kappa shape index (κ3) is 2.94. The third-order valence-corrected chi connectivity index (χ3v) is 4.34. The van der Waals surface area contributed by atoms with Gasteiger partial charge >= 0.3 is 6.04 Å². The standard InChI is InChI=1S/C18H18N4O4/c1-3-7-21(4-2)18(24)12-8-11-5-6-13-16(15(11)19-9-12)20-10-14(17(13)23)22(25)26/h5-6,8-10,14H,3-4,7H2,1-2H3. The first-order chi connectivity index (χ1) is 12.5. The lowest BCUT2D eigenvalue weighted by Crippen LogP contribution is -2.33. The fourth-order valence-electron chi connectivity index (χ4n) is 3.01. The number of benzene rings is 1. The molecule has 1 aromatic heterocycles. The maximum Gasteiger partial charge on any atom is 0.309 e. The van der Waals surface area contributed by atoms with Crippen LogP contribution in [0.15, 0.2) is 29.4 Å². The number of carbonyl (C=O) groups is 2. The van der Waals surface area contributed by atoms with Crippen molar-refractivity contribution in [1.82, 2.24) is 9.88 Å². The first-order valence-corrected chi connectivity index (χ1v) is 8.41. The van der Waals surface area contributed by atoms with Gasteiger partial charge in [0.05, 0.1) is 22.9 Å². The number of fused-ring (bicyclic) bond motifs is 3. The number of aliphatic imine (C=N–C) groups is 1. The smallest absolute Gasteiger partial charge is 0.309 e. The molecule has 0 saturated heterocycles. The van der Waals surface area contributed by atoms with E-state index in [4.69, 9.17) is 0 Å². The molecule has 0 aliphatic carbocycles. The third-order valence-electron chi connectivity index (χ3n) is 4.34. The summed E-state index contributed by atoms with van der Waals surface area (Å²) in [4.78, 5) is 45.3. The number of ketones is 1. The Kier molecular flexibility index (Phi) is 4.75. The second-order valence-corrected chi connectivity index (χ2v) is 6.01. The summed E-state index contributed by atoms with van der Waals surface area (Å²) < 4.78 is 0. The summed E-state index contributed by atoms with van der Waals surface area (Å²) >= 11 is 0. The van der Waals surface area contributed by atoms with Crippen LogP contribution in [0.5, 0.6) is 0 Å². The number of carbonyl (C=O) groups excluding carboxylic acids is 2. The van der Waals surface area contributed by atoms with Crippen molar-refractivity contribution in [2.24, 2.45) is 4.99 Å². The van der Waals surface area contributed by atoms with E-state index in [0.717, 1.165) is 12.6 Å². The Labute approximate surface area is 149 Å². The van der Waals surface area contributed by atoms with Gasteiger partial charge in [-0.3, -0.25) is 29.7 Å². The molecule has 1 aliphatic rings. The minimum absolute atomic E-state index is 0.102. The van der Waals surface area contributed by atoms with Gasteiger partial charge in [-0.1, -0.05) is 13.0 Å². The second-order valence-electron chi connectivity index (χ2n) is 6.01. The zero-order valence-corrected chi connectivity index (χ0v) is 14.5. The highest BCUT2D eigenvalue weighted by molar-refractivity contribution is 6.18. The predicted molar refractivity (Wildman–Crippen MR) is 96.9 cm³/mol. The van der Waals surface area contributed by atoms with Gasteiger partial charge in [0.15, 0.2) is 0 Å². The van der Waals surface area contributed by atoms with Crippen LogP contribution >= 0.6 is 0 Å². The van der Waals surface area contributed by atoms with E-state index in [1.807, 2.05) is 13.8 Å². The van der Waals surface area contributed by atoms with Crippen molar-refractivity contribution in [2.45, 2.75) is 26.3 Å². The van der Waals surface area contributed by atoms with Crippen LogP contribution in [0.2, 0.25) is 0 Å². The van der Waals surface area contributed by atoms with Crippen molar-refractivity contribution in [3.63, 3.8) is 0 Å². The zero-order chi connectivity index (χ0) is 18.8. The Morgan fingerprint density at radius 1 is 1.35 bits per heavy atom. The van der Waals surface area contributed by atoms with Crippen LogP contribution in [0, 0.1) is 10.1 Å². The van der Waals surface area contributed by atoms with Crippen molar-refractivity contribution in [3.8, 4) is 0 Å². The summed E-state index contributed by atoms with van der Waals surface area (Å²) in [5.74, 6) is -0.710. The van der Waals surface area contributed by atoms with Crippen LogP contribution in [0.25, 0.3) is 10.9 Å². The number of hydrogen-bond acceptors (Lipinski definition) is 6. The van der Waals surface area contributed by atoms with Crippen molar-refractivity contribution < 1.29 is 14.5 Å². The highest BCUT2D eigenvalue weighted by atomic mass is 16.6. The number of aromatic nitrogens is 1. The van der Waals surface area contributed by atoms with E-state index in [9.17, 15) is 19.7 Å². The number of pyridine rings is 1. The molecule has 26 heavy (non-hydrogen) atoms. The van der Waals surface area contributed by atoms with Crippen molar-refractivity contribution in [2.75, 3.05) is 13.1 Å². The molecule has 8 nitrogen and oxygen atoms in total. The highest BCUT2D eigenvalue weighted by Crippen LogP contribution is 2.32. The second kappa shape index (κ2) is 6.99. The number of Topliss-reactive ketones (excluding diaryl/α,β-unsaturated/α-hetero) is 1. The van der Waals surface area contributed by atoms with Crippen molar-refractivity contribution in [3.05, 3.63) is 45.6 Å². The molecule has 0 spiro atoms. The number of hydrogen-bond donors (Lipinski definition) is 0. The van der Waals surface area contributed by atoms with E-state index < -0.39 is 16.7 Å². The van der Waals surface area contributed by atoms with E-state index in [-0.39, 0.29) is 11.5 Å². The van der Waals surface area contributed by atoms with Crippen molar-refractivity contribution >= 4 is 34.5 Å². The average molecular weight is 354 g/mol. The minimum atomic E-state index is -1.46. The van der Waals surface area contributed by atoms with Gasteiger partial charge < -0.3 is 4.90 Å². The lowest BCUT2D eigenvalue weighted by Gasteiger charge is -2.20. The maximum absolute atomic E-state index is 12.6. The van der Waals surface area contributed by atoms with Gasteiger partial charge in [-0.2, -0.15) is 0 Å². The Morgan fingerprint density at radius 3 is 2.77 bits per heavy atom. The Morgan fingerprint density at radius 2 is 2.12 bits per heavy atom. The van der Waals surface area contributed by atoms with E-state index >= 15 is 0 Å². The fourth-order valence-corrected chi connectivity index (χ4v) is 3.01. The summed E-state index contributed by atoms with van der Waals surface area (Å²) in [5.41, 5.74) is 1.39. The normalized spacial score (nSPS) is 15.8. The largest absolute Gasteiger partial charge is 0.339 e. The minimum Gasteiger partial charge on any atom is -0.339 e. The fraction of sp³-hybridized carbons (Fsp3) is 0.333. The molecule has 1 amide bonds. The van der Waals surface area contributed by atoms with Gasteiger partial charge in [-0.05, 0) is 25.5 Å². The summed E-state index contributed by atoms with van der Waals surface area (Å²) in [6.07, 6.45) is 3.36. The molecule has 134 valence electrons. The Hall–Kier alpha value is -3.16. The molecule has 2 aromatic rings. The summed E-state index contributed by atoms with van der Waals surface area (Å²) in [7, 11) is 0. The first kappa shape index (κ1) is 17.7. The molecular formula is C18H18N4O4. The van der Waals surface area contributed by atoms with Crippen LogP contribution in [-0.4, -0.2) is 51.8 Å². The molecule has 1 aliphatic heterocycles. The molecule has 0 saturated carbocycles. The van der Waals surface area contributed by atoms with Gasteiger partial charge in [0.1, 0.15) is 5.69 Å². The molecule has 3 rings (SSSR count). The molecule has 0 N–H and O–H groups in total. The van der Waals surface area contributed by atoms with E-state index in [1.54, 1.807) is 17.0 Å². The number of nitrogens with zero attached hydrogens (tertiary/aromatic N) is 4. The molecular weight excluding hydrogens is 336 g/mol. The van der Waals surface area contributed by atoms with Gasteiger partial charge in [-0.15, -0.1) is 0 Å². The number of rotatable bonds is 5. The molecule has 1 atom stereocenters. The van der Waals surface area contributed by atoms with Crippen LogP contribution in [0.1, 0.15) is 41.0 Å². The quantitative estimate of drug-likeness (QED) is 0.606. The van der Waals surface area contributed by atoms with E-state index in [2.05, 4.69) is 9.98 Å². The average Bonchev–Trinajstić information content (AvgIpc) is 2.64. The highest BCUT2D eigenvalue weighted by Gasteiger charge is 2.34. The molecule has 8 heteroatoms. The SMILES string of the molecule is CCCN(CC)C(=O)c1cnc2c3c(ccc2c1)C(=O)C([N+](=O)[O-])C=N3. The molecule has 0 fully saturated rings. The topological polar surface area (TPSA) is 106 Å². The van der Waals surface area contributed by atoms with Crippen molar-refractivity contribution in [1.29, 1.82) is 0 Å². The van der Waals surface area contributed by atoms with Crippen LogP contribution < -0.4 is 0 Å². The summed E-state index contributed by atoms with van der Waals surface area (Å²) in [6.45, 7) is 5.20. The van der Waals surface area contributed by atoms with E-state index in [1.165, 1.54) is 12.3 Å². The van der Waals surface area contributed by atoms with Crippen LogP contribution in [0.4, 0.5) is 5.69 Å². The molecule has 1 aromatic carbocycles. The zero-order valence-electron chi connectivity index (χ0n) is 14.5. The van der Waals surface area contributed by atoms with Gasteiger partial charge in [0, 0.05) is 29.6 Å². The van der Waals surface area contributed by atoms with Gasteiger partial charge in [0.25, 0.3) is 5.91 Å². The molecule has 0 bridgehead atoms. The molecule has 2 heterocycles. The monoisotopic (exact) mass is 354 g/mol. The first-order valence-electron chi connectivity index (χ1n) is 8.41. The lowest BCUT2D eigenvalue weighted by molar-refractivity contribution is -0.485. The van der Waals surface area contributed by atoms with Gasteiger partial charge in [-0.25, -0.2) is 0 Å². The maximum atomic E-state index is 12.6. The number of nitro groups is 1. The number of amides is 1. The van der Waals surface area contributed by atoms with Crippen LogP contribution in [-0.2, 0) is 0 Å². The van der Waals surface area contributed by atoms with E-state index in [0.29, 0.717) is 35.2 Å².